The van der Waals surface area contributed by atoms with Crippen LogP contribution < -0.4 is 0 Å². The molecule has 0 aromatic rings. The maximum Gasteiger partial charge on any atom is -0.0262 e. The zero-order valence-corrected chi connectivity index (χ0v) is 16.8. The molecule has 134 valence electrons. The lowest BCUT2D eigenvalue weighted by atomic mass is 9.78. The van der Waals surface area contributed by atoms with E-state index in [4.69, 9.17) is 0 Å². The molecule has 0 radical (unpaired) electrons. The van der Waals surface area contributed by atoms with E-state index in [9.17, 15) is 0 Å². The highest BCUT2D eigenvalue weighted by molar-refractivity contribution is 5.20. The minimum absolute atomic E-state index is 0.315. The molecule has 0 saturated heterocycles. The van der Waals surface area contributed by atoms with Crippen LogP contribution in [0, 0.1) is 5.41 Å². The molecule has 0 aromatic heterocycles. The third kappa shape index (κ3) is 13.4. The van der Waals surface area contributed by atoms with Gasteiger partial charge in [0.25, 0.3) is 0 Å². The van der Waals surface area contributed by atoms with Crippen LogP contribution in [0.3, 0.4) is 0 Å². The number of allylic oxidation sites excluding steroid dienone is 4. The number of unbranched alkanes of at least 4 members (excludes halogenated alkanes) is 6. The van der Waals surface area contributed by atoms with Crippen molar-refractivity contribution in [3.05, 3.63) is 36.0 Å². The van der Waals surface area contributed by atoms with Crippen LogP contribution in [0.15, 0.2) is 36.0 Å². The maximum absolute atomic E-state index is 4.20. The molecule has 0 bridgehead atoms. The van der Waals surface area contributed by atoms with Crippen molar-refractivity contribution in [1.29, 1.82) is 0 Å². The summed E-state index contributed by atoms with van der Waals surface area (Å²) in [7, 11) is 0. The lowest BCUT2D eigenvalue weighted by molar-refractivity contribution is 0.350. The third-order valence-electron chi connectivity index (χ3n) is 4.49. The van der Waals surface area contributed by atoms with Crippen LogP contribution in [0.2, 0.25) is 0 Å². The molecule has 0 N–H and O–H groups in total. The van der Waals surface area contributed by atoms with Crippen LogP contribution in [0.4, 0.5) is 0 Å². The third-order valence-corrected chi connectivity index (χ3v) is 4.49. The average Bonchev–Trinajstić information content (AvgIpc) is 2.44. The molecule has 0 atom stereocenters. The van der Waals surface area contributed by atoms with Gasteiger partial charge in [0, 0.05) is 0 Å². The summed E-state index contributed by atoms with van der Waals surface area (Å²) in [4.78, 5) is 0. The molecule has 0 heteroatoms. The summed E-state index contributed by atoms with van der Waals surface area (Å²) >= 11 is 0. The molecule has 0 amide bonds. The fourth-order valence-electron chi connectivity index (χ4n) is 3.35. The van der Waals surface area contributed by atoms with Gasteiger partial charge in [0.15, 0.2) is 0 Å². The van der Waals surface area contributed by atoms with E-state index in [2.05, 4.69) is 53.9 Å². The molecule has 0 heterocycles. The van der Waals surface area contributed by atoms with Crippen LogP contribution in [0.5, 0.6) is 0 Å². The van der Waals surface area contributed by atoms with E-state index in [1.807, 2.05) is 0 Å². The first-order chi connectivity index (χ1) is 10.8. The van der Waals surface area contributed by atoms with Crippen LogP contribution >= 0.6 is 0 Å². The normalized spacial score (nSPS) is 12.5. The minimum Gasteiger partial charge on any atom is -0.0999 e. The topological polar surface area (TPSA) is 0 Å². The van der Waals surface area contributed by atoms with Crippen molar-refractivity contribution in [2.45, 2.75) is 105 Å². The van der Waals surface area contributed by atoms with E-state index in [1.165, 1.54) is 68.9 Å². The quantitative estimate of drug-likeness (QED) is 0.171. The van der Waals surface area contributed by atoms with Crippen LogP contribution in [0.1, 0.15) is 105 Å². The van der Waals surface area contributed by atoms with Crippen LogP contribution in [0.25, 0.3) is 0 Å². The maximum atomic E-state index is 4.20. The standard InChI is InChI=1S/C23H42/c1-8-10-11-12-13-14-15-16-22(17-20(3)4)19-23(6,7)18-21(5)9-2/h17H,3,5,8-16,18-19H2,1-2,4,6-7H3. The fraction of sp³-hybridized carbons (Fsp3) is 0.739. The molecule has 0 aliphatic rings. The van der Waals surface area contributed by atoms with Gasteiger partial charge in [-0.25, -0.2) is 0 Å². The van der Waals surface area contributed by atoms with Crippen molar-refractivity contribution in [1.82, 2.24) is 0 Å². The van der Waals surface area contributed by atoms with Gasteiger partial charge in [-0.2, -0.15) is 0 Å². The number of hydrogen-bond acceptors (Lipinski definition) is 0. The molecule has 0 unspecified atom stereocenters. The van der Waals surface area contributed by atoms with Gasteiger partial charge in [0.05, 0.1) is 0 Å². The fourth-order valence-corrected chi connectivity index (χ4v) is 3.35. The Morgan fingerprint density at radius 3 is 1.96 bits per heavy atom. The Labute approximate surface area is 147 Å². The van der Waals surface area contributed by atoms with E-state index < -0.39 is 0 Å². The molecular weight excluding hydrogens is 276 g/mol. The molecule has 0 aliphatic carbocycles. The lowest BCUT2D eigenvalue weighted by Gasteiger charge is -2.27. The van der Waals surface area contributed by atoms with Gasteiger partial charge in [-0.1, -0.05) is 102 Å². The van der Waals surface area contributed by atoms with Crippen LogP contribution in [-0.4, -0.2) is 0 Å². The largest absolute Gasteiger partial charge is 0.0999 e. The second-order valence-corrected chi connectivity index (χ2v) is 8.14. The molecule has 0 nitrogen and oxygen atoms in total. The van der Waals surface area contributed by atoms with E-state index in [0.717, 1.165) is 12.8 Å². The Morgan fingerprint density at radius 1 is 0.870 bits per heavy atom. The van der Waals surface area contributed by atoms with Crippen molar-refractivity contribution < 1.29 is 0 Å². The van der Waals surface area contributed by atoms with Gasteiger partial charge in [-0.15, -0.1) is 0 Å². The second kappa shape index (κ2) is 12.6. The predicted octanol–water partition coefficient (Wildman–Crippen LogP) is 8.40. The van der Waals surface area contributed by atoms with Gasteiger partial charge in [-0.05, 0) is 44.4 Å². The van der Waals surface area contributed by atoms with Crippen LogP contribution in [-0.2, 0) is 0 Å². The highest BCUT2D eigenvalue weighted by Crippen LogP contribution is 2.34. The molecule has 23 heavy (non-hydrogen) atoms. The summed E-state index contributed by atoms with van der Waals surface area (Å²) in [6, 6.07) is 0. The highest BCUT2D eigenvalue weighted by atomic mass is 14.3. The lowest BCUT2D eigenvalue weighted by Crippen LogP contribution is -2.13. The van der Waals surface area contributed by atoms with Gasteiger partial charge in [0.2, 0.25) is 0 Å². The van der Waals surface area contributed by atoms with E-state index in [-0.39, 0.29) is 0 Å². The van der Waals surface area contributed by atoms with Crippen molar-refractivity contribution >= 4 is 0 Å². The van der Waals surface area contributed by atoms with E-state index in [0.29, 0.717) is 5.41 Å². The summed E-state index contributed by atoms with van der Waals surface area (Å²) in [5, 5.41) is 0. The van der Waals surface area contributed by atoms with E-state index >= 15 is 0 Å². The van der Waals surface area contributed by atoms with E-state index in [1.54, 1.807) is 5.57 Å². The average molecular weight is 319 g/mol. The Morgan fingerprint density at radius 2 is 1.43 bits per heavy atom. The molecular formula is C23H42. The first-order valence-corrected chi connectivity index (χ1v) is 9.82. The van der Waals surface area contributed by atoms with Crippen molar-refractivity contribution in [3.8, 4) is 0 Å². The predicted molar refractivity (Wildman–Crippen MR) is 108 cm³/mol. The highest BCUT2D eigenvalue weighted by Gasteiger charge is 2.20. The molecule has 0 spiro atoms. The summed E-state index contributed by atoms with van der Waals surface area (Å²) in [5.41, 5.74) is 4.46. The zero-order valence-electron chi connectivity index (χ0n) is 16.8. The smallest absolute Gasteiger partial charge is 0.0262 e. The number of rotatable bonds is 14. The van der Waals surface area contributed by atoms with Gasteiger partial charge < -0.3 is 0 Å². The summed E-state index contributed by atoms with van der Waals surface area (Å²) in [6.07, 6.45) is 16.6. The minimum atomic E-state index is 0.315. The summed E-state index contributed by atoms with van der Waals surface area (Å²) < 4.78 is 0. The van der Waals surface area contributed by atoms with Crippen molar-refractivity contribution in [2.75, 3.05) is 0 Å². The Kier molecular flexibility index (Phi) is 12.2. The molecule has 0 aromatic carbocycles. The summed E-state index contributed by atoms with van der Waals surface area (Å²) in [6.45, 7) is 19.7. The Balaban J connectivity index is 4.32. The van der Waals surface area contributed by atoms with Gasteiger partial charge in [0.1, 0.15) is 0 Å². The van der Waals surface area contributed by atoms with Gasteiger partial charge in [-0.3, -0.25) is 0 Å². The monoisotopic (exact) mass is 318 g/mol. The zero-order chi connectivity index (χ0) is 17.7. The van der Waals surface area contributed by atoms with Crippen molar-refractivity contribution in [3.63, 3.8) is 0 Å². The molecule has 0 saturated carbocycles. The van der Waals surface area contributed by atoms with Crippen molar-refractivity contribution in [2.24, 2.45) is 5.41 Å². The number of hydrogen-bond donors (Lipinski definition) is 0. The SMILES string of the molecule is C=C(C)C=C(CCCCCCCCC)CC(C)(C)CC(=C)CC. The Hall–Kier alpha value is -0.780. The van der Waals surface area contributed by atoms with Gasteiger partial charge >= 0.3 is 0 Å². The second-order valence-electron chi connectivity index (χ2n) is 8.14. The first kappa shape index (κ1) is 22.2. The summed E-state index contributed by atoms with van der Waals surface area (Å²) in [5.74, 6) is 0. The molecule has 0 aliphatic heterocycles. The molecule has 0 fully saturated rings. The first-order valence-electron chi connectivity index (χ1n) is 9.82. The Bertz CT molecular complexity index is 367. The molecule has 0 rings (SSSR count).